The molecule has 8 nitrogen and oxygen atoms in total. The molecule has 10 heteroatoms. The summed E-state index contributed by atoms with van der Waals surface area (Å²) >= 11 is 0. The number of rotatable bonds is 36. The molecule has 0 aromatic rings. The van der Waals surface area contributed by atoms with Gasteiger partial charge in [-0.15, -0.1) is 0 Å². The molecular weight excluding hydrogens is 698 g/mol. The number of ether oxygens (including phenoxy) is 2. The van der Waals surface area contributed by atoms with E-state index in [1.165, 1.54) is 77.0 Å². The Bertz CT molecular complexity index is 1080. The van der Waals surface area contributed by atoms with Gasteiger partial charge < -0.3 is 19.3 Å². The minimum atomic E-state index is -4.77. The fourth-order valence-electron chi connectivity index (χ4n) is 5.28. The van der Waals surface area contributed by atoms with Crippen molar-refractivity contribution < 1.29 is 37.9 Å². The van der Waals surface area contributed by atoms with Crippen LogP contribution in [-0.4, -0.2) is 70.6 Å². The second-order valence-electron chi connectivity index (χ2n) is 13.2. The van der Waals surface area contributed by atoms with Crippen LogP contribution in [0.15, 0.2) is 72.9 Å². The molecule has 0 unspecified atom stereocenters. The van der Waals surface area contributed by atoms with E-state index in [9.17, 15) is 14.2 Å². The molecule has 0 aromatic carbocycles. The number of hydrogen-bond acceptors (Lipinski definition) is 6. The van der Waals surface area contributed by atoms with Crippen molar-refractivity contribution in [2.75, 3.05) is 13.2 Å². The number of allylic oxidation sites excluding steroid dienone is 12. The van der Waals surface area contributed by atoms with E-state index in [1.807, 2.05) is 12.2 Å². The van der Waals surface area contributed by atoms with Crippen LogP contribution in [-0.2, 0) is 28.2 Å². The van der Waals surface area contributed by atoms with E-state index in [2.05, 4.69) is 79.1 Å². The standard InChI is InChI=1S/C43H73O8P.Na/c1-3-5-7-9-11-13-15-17-19-20-21-22-24-26-28-30-32-34-36-38-43(45)51-41(40-50-52(46,47)48)39-49-42(44)37-35-33-31-29-27-25-23-18-16-14-12-10-8-6-4-2;/h5,7,11,13,17,19,21-22,26,28,32,34,41H,3-4,6,8-10,12,14-16,18,20,23-25,27,29-31,33,35-40H2,1-2H3,(H2,46,47,48);/b7-5-,13-11-,19-17-,22-21-,28-26-,34-32-;/t41-;/m1./s1. The molecule has 0 aliphatic heterocycles. The summed E-state index contributed by atoms with van der Waals surface area (Å²) in [5, 5.41) is 0. The van der Waals surface area contributed by atoms with Crippen molar-refractivity contribution in [3.8, 4) is 0 Å². The molecule has 0 saturated heterocycles. The molecule has 0 bridgehead atoms. The molecule has 0 amide bonds. The van der Waals surface area contributed by atoms with E-state index in [0.717, 1.165) is 51.4 Å². The summed E-state index contributed by atoms with van der Waals surface area (Å²) in [6.07, 6.45) is 49.2. The molecule has 0 heterocycles. The van der Waals surface area contributed by atoms with E-state index >= 15 is 0 Å². The zero-order valence-electron chi connectivity index (χ0n) is 33.7. The molecule has 1 radical (unpaired) electrons. The van der Waals surface area contributed by atoms with Gasteiger partial charge in [0.1, 0.15) is 6.61 Å². The molecule has 0 fully saturated rings. The predicted octanol–water partition coefficient (Wildman–Crippen LogP) is 11.9. The van der Waals surface area contributed by atoms with Crippen molar-refractivity contribution in [1.82, 2.24) is 0 Å². The summed E-state index contributed by atoms with van der Waals surface area (Å²) < 4.78 is 26.3. The first kappa shape index (κ1) is 53.6. The van der Waals surface area contributed by atoms with Crippen LogP contribution in [0.3, 0.4) is 0 Å². The van der Waals surface area contributed by atoms with Gasteiger partial charge >= 0.3 is 19.8 Å². The van der Waals surface area contributed by atoms with Crippen LogP contribution >= 0.6 is 7.82 Å². The molecule has 2 N–H and O–H groups in total. The Morgan fingerprint density at radius 3 is 1.34 bits per heavy atom. The van der Waals surface area contributed by atoms with E-state index in [0.29, 0.717) is 12.8 Å². The largest absolute Gasteiger partial charge is 0.469 e. The molecule has 0 aliphatic carbocycles. The average molecular weight is 772 g/mol. The Hall–Kier alpha value is -1.51. The summed E-state index contributed by atoms with van der Waals surface area (Å²) in [5.74, 6) is -0.984. The molecule has 0 aromatic heterocycles. The summed E-state index contributed by atoms with van der Waals surface area (Å²) in [5.41, 5.74) is 0. The van der Waals surface area contributed by atoms with Crippen molar-refractivity contribution in [2.45, 2.75) is 174 Å². The Balaban J connectivity index is 0. The fraction of sp³-hybridized carbons (Fsp3) is 0.674. The van der Waals surface area contributed by atoms with Crippen LogP contribution in [0.1, 0.15) is 168 Å². The molecule has 0 saturated carbocycles. The van der Waals surface area contributed by atoms with E-state index in [1.54, 1.807) is 0 Å². The van der Waals surface area contributed by atoms with Gasteiger partial charge in [0.05, 0.1) is 6.61 Å². The summed E-state index contributed by atoms with van der Waals surface area (Å²) in [7, 11) is -4.77. The fourth-order valence-corrected chi connectivity index (χ4v) is 5.64. The molecule has 53 heavy (non-hydrogen) atoms. The normalized spacial score (nSPS) is 13.0. The summed E-state index contributed by atoms with van der Waals surface area (Å²) in [6, 6.07) is 0. The van der Waals surface area contributed by atoms with Gasteiger partial charge in [-0.1, -0.05) is 177 Å². The van der Waals surface area contributed by atoms with Crippen molar-refractivity contribution in [3.63, 3.8) is 0 Å². The van der Waals surface area contributed by atoms with Gasteiger partial charge in [-0.05, 0) is 51.4 Å². The van der Waals surface area contributed by atoms with Crippen LogP contribution in [0.4, 0.5) is 0 Å². The van der Waals surface area contributed by atoms with Crippen molar-refractivity contribution in [1.29, 1.82) is 0 Å². The Kier molecular flexibility index (Phi) is 42.1. The van der Waals surface area contributed by atoms with Gasteiger partial charge in [0, 0.05) is 42.4 Å². The number of carbonyl (C=O) groups is 2. The van der Waals surface area contributed by atoms with Crippen LogP contribution in [0.2, 0.25) is 0 Å². The molecule has 0 rings (SSSR count). The van der Waals surface area contributed by atoms with E-state index < -0.39 is 32.5 Å². The SMILES string of the molecule is CC/C=C\C/C=C\C/C=C\C/C=C\C/C=C\C/C=C\CCC(=O)O[C@H](COC(=O)CCCCCCCCCCCCCCCCC)COP(=O)(O)O.[Na]. The van der Waals surface area contributed by atoms with Gasteiger partial charge in [-0.2, -0.15) is 0 Å². The van der Waals surface area contributed by atoms with Crippen LogP contribution in [0, 0.1) is 0 Å². The topological polar surface area (TPSA) is 119 Å². The third kappa shape index (κ3) is 44.8. The Labute approximate surface area is 345 Å². The number of esters is 2. The number of phosphoric ester groups is 1. The van der Waals surface area contributed by atoms with Gasteiger partial charge in [0.2, 0.25) is 0 Å². The van der Waals surface area contributed by atoms with Crippen LogP contribution < -0.4 is 0 Å². The molecule has 299 valence electrons. The maximum Gasteiger partial charge on any atom is 0.469 e. The van der Waals surface area contributed by atoms with Crippen molar-refractivity contribution in [3.05, 3.63) is 72.9 Å². The second-order valence-corrected chi connectivity index (χ2v) is 14.5. The monoisotopic (exact) mass is 771 g/mol. The van der Waals surface area contributed by atoms with Crippen LogP contribution in [0.5, 0.6) is 0 Å². The minimum absolute atomic E-state index is 0. The zero-order valence-corrected chi connectivity index (χ0v) is 36.6. The number of carbonyl (C=O) groups excluding carboxylic acids is 2. The molecule has 0 aliphatic rings. The second kappa shape index (κ2) is 41.6. The average Bonchev–Trinajstić information content (AvgIpc) is 3.11. The van der Waals surface area contributed by atoms with Crippen molar-refractivity contribution >= 4 is 49.3 Å². The van der Waals surface area contributed by atoms with Gasteiger partial charge in [0.25, 0.3) is 0 Å². The summed E-state index contributed by atoms with van der Waals surface area (Å²) in [4.78, 5) is 42.8. The predicted molar refractivity (Wildman–Crippen MR) is 222 cm³/mol. The Morgan fingerprint density at radius 2 is 0.925 bits per heavy atom. The minimum Gasteiger partial charge on any atom is -0.462 e. The molecular formula is C43H73NaO8P. The first-order valence-electron chi connectivity index (χ1n) is 20.2. The van der Waals surface area contributed by atoms with Crippen molar-refractivity contribution in [2.24, 2.45) is 0 Å². The third-order valence-corrected chi connectivity index (χ3v) is 8.74. The van der Waals surface area contributed by atoms with Gasteiger partial charge in [-0.3, -0.25) is 14.1 Å². The zero-order chi connectivity index (χ0) is 38.2. The number of hydrogen-bond donors (Lipinski definition) is 2. The molecule has 1 atom stereocenters. The maximum atomic E-state index is 12.4. The van der Waals surface area contributed by atoms with Gasteiger partial charge in [0.15, 0.2) is 6.10 Å². The summed E-state index contributed by atoms with van der Waals surface area (Å²) in [6.45, 7) is 3.50. The van der Waals surface area contributed by atoms with Gasteiger partial charge in [-0.25, -0.2) is 4.57 Å². The van der Waals surface area contributed by atoms with Crippen LogP contribution in [0.25, 0.3) is 0 Å². The van der Waals surface area contributed by atoms with E-state index in [4.69, 9.17) is 19.3 Å². The first-order chi connectivity index (χ1) is 25.3. The quantitative estimate of drug-likeness (QED) is 0.0212. The smallest absolute Gasteiger partial charge is 0.462 e. The van der Waals surface area contributed by atoms with E-state index in [-0.39, 0.29) is 49.0 Å². The number of phosphoric acid groups is 1. The number of unbranched alkanes of at least 4 members (excludes halogenated alkanes) is 14. The molecule has 0 spiro atoms. The maximum absolute atomic E-state index is 12.4. The Morgan fingerprint density at radius 1 is 0.528 bits per heavy atom. The third-order valence-electron chi connectivity index (χ3n) is 8.25. The first-order valence-corrected chi connectivity index (χ1v) is 21.8.